The molecule has 0 atom stereocenters. The quantitative estimate of drug-likeness (QED) is 0.542. The molecular formula is C14H24N2O3S. The molecule has 114 valence electrons. The highest BCUT2D eigenvalue weighted by atomic mass is 32.2. The van der Waals surface area contributed by atoms with Crippen molar-refractivity contribution >= 4 is 15.7 Å². The topological polar surface area (TPSA) is 81.4 Å². The zero-order chi connectivity index (χ0) is 15.0. The molecule has 1 rings (SSSR count). The van der Waals surface area contributed by atoms with E-state index in [0.29, 0.717) is 24.6 Å². The number of anilines is 1. The first-order chi connectivity index (χ1) is 9.51. The van der Waals surface area contributed by atoms with E-state index in [-0.39, 0.29) is 4.90 Å². The van der Waals surface area contributed by atoms with Crippen molar-refractivity contribution in [3.8, 4) is 5.75 Å². The van der Waals surface area contributed by atoms with Gasteiger partial charge in [-0.05, 0) is 31.5 Å². The van der Waals surface area contributed by atoms with Crippen molar-refractivity contribution in [1.29, 1.82) is 0 Å². The Bertz CT molecular complexity index is 515. The Hall–Kier alpha value is -1.27. The van der Waals surface area contributed by atoms with E-state index in [2.05, 4.69) is 11.6 Å². The van der Waals surface area contributed by atoms with Crippen molar-refractivity contribution in [2.45, 2.75) is 44.4 Å². The number of nitrogen functional groups attached to an aromatic ring is 1. The number of nitrogens with one attached hydrogen (secondary N) is 1. The molecule has 0 unspecified atom stereocenters. The van der Waals surface area contributed by atoms with Crippen molar-refractivity contribution < 1.29 is 13.2 Å². The summed E-state index contributed by atoms with van der Waals surface area (Å²) in [5, 5.41) is 0. The number of hydrogen-bond acceptors (Lipinski definition) is 4. The van der Waals surface area contributed by atoms with Crippen LogP contribution in [0.5, 0.6) is 5.75 Å². The molecule has 0 heterocycles. The van der Waals surface area contributed by atoms with Gasteiger partial charge in [-0.1, -0.05) is 26.2 Å². The highest BCUT2D eigenvalue weighted by molar-refractivity contribution is 7.89. The molecule has 3 N–H and O–H groups in total. The van der Waals surface area contributed by atoms with Crippen molar-refractivity contribution in [3.63, 3.8) is 0 Å². The van der Waals surface area contributed by atoms with Crippen LogP contribution in [0.25, 0.3) is 0 Å². The van der Waals surface area contributed by atoms with Gasteiger partial charge in [-0.25, -0.2) is 13.1 Å². The molecule has 0 spiro atoms. The molecule has 0 aliphatic heterocycles. The number of sulfonamides is 1. The zero-order valence-electron chi connectivity index (χ0n) is 12.2. The van der Waals surface area contributed by atoms with Gasteiger partial charge in [-0.3, -0.25) is 0 Å². The largest absolute Gasteiger partial charge is 0.492 e. The van der Waals surface area contributed by atoms with Crippen molar-refractivity contribution in [2.75, 3.05) is 18.9 Å². The van der Waals surface area contributed by atoms with E-state index in [1.165, 1.54) is 6.07 Å². The molecule has 0 saturated carbocycles. The van der Waals surface area contributed by atoms with Crippen LogP contribution in [-0.2, 0) is 10.0 Å². The summed E-state index contributed by atoms with van der Waals surface area (Å²) in [6.45, 7) is 4.77. The smallest absolute Gasteiger partial charge is 0.244 e. The summed E-state index contributed by atoms with van der Waals surface area (Å²) in [4.78, 5) is 0.106. The first kappa shape index (κ1) is 16.8. The summed E-state index contributed by atoms with van der Waals surface area (Å²) >= 11 is 0. The summed E-state index contributed by atoms with van der Waals surface area (Å²) in [6.07, 6.45) is 4.09. The lowest BCUT2D eigenvalue weighted by Gasteiger charge is -2.12. The number of ether oxygens (including phenoxy) is 1. The molecule has 0 amide bonds. The molecule has 1 aromatic rings. The fraction of sp³-hybridized carbons (Fsp3) is 0.571. The first-order valence-electron chi connectivity index (χ1n) is 7.03. The molecule has 5 nitrogen and oxygen atoms in total. The number of unbranched alkanes of at least 4 members (excludes halogenated alkanes) is 3. The molecule has 0 saturated heterocycles. The number of nitrogens with two attached hydrogens (primary N) is 1. The molecule has 0 aromatic heterocycles. The zero-order valence-corrected chi connectivity index (χ0v) is 13.0. The summed E-state index contributed by atoms with van der Waals surface area (Å²) in [5.74, 6) is 0.336. The van der Waals surface area contributed by atoms with Gasteiger partial charge < -0.3 is 10.5 Å². The van der Waals surface area contributed by atoms with Gasteiger partial charge in [0.25, 0.3) is 0 Å². The third-order valence-electron chi connectivity index (χ3n) is 2.88. The highest BCUT2D eigenvalue weighted by Crippen LogP contribution is 2.26. The Balaban J connectivity index is 2.77. The standard InChI is InChI=1S/C14H24N2O3S/c1-3-5-6-7-10-16-20(17,18)14-11-12(15)8-9-13(14)19-4-2/h8-9,11,16H,3-7,10,15H2,1-2H3. The second-order valence-electron chi connectivity index (χ2n) is 4.60. The Morgan fingerprint density at radius 3 is 2.60 bits per heavy atom. The first-order valence-corrected chi connectivity index (χ1v) is 8.51. The highest BCUT2D eigenvalue weighted by Gasteiger charge is 2.19. The second kappa shape index (κ2) is 8.11. The van der Waals surface area contributed by atoms with Gasteiger partial charge in [0.05, 0.1) is 6.61 Å². The molecule has 1 aromatic carbocycles. The summed E-state index contributed by atoms with van der Waals surface area (Å²) in [7, 11) is -3.58. The van der Waals surface area contributed by atoms with Crippen LogP contribution in [0.3, 0.4) is 0 Å². The normalized spacial score (nSPS) is 11.5. The lowest BCUT2D eigenvalue weighted by Crippen LogP contribution is -2.25. The lowest BCUT2D eigenvalue weighted by atomic mass is 10.2. The molecule has 20 heavy (non-hydrogen) atoms. The van der Waals surface area contributed by atoms with Crippen LogP contribution in [-0.4, -0.2) is 21.6 Å². The Morgan fingerprint density at radius 1 is 1.20 bits per heavy atom. The fourth-order valence-corrected chi connectivity index (χ4v) is 3.10. The SMILES string of the molecule is CCCCCCNS(=O)(=O)c1cc(N)ccc1OCC. The molecule has 6 heteroatoms. The summed E-state index contributed by atoms with van der Waals surface area (Å²) < 4.78 is 32.5. The maximum atomic E-state index is 12.3. The average molecular weight is 300 g/mol. The predicted octanol–water partition coefficient (Wildman–Crippen LogP) is 2.53. The molecule has 0 radical (unpaired) electrons. The van der Waals surface area contributed by atoms with Crippen LogP contribution in [0.1, 0.15) is 39.5 Å². The third kappa shape index (κ3) is 5.02. The van der Waals surface area contributed by atoms with Crippen LogP contribution in [0.2, 0.25) is 0 Å². The molecule has 0 aliphatic carbocycles. The Kier molecular flexibility index (Phi) is 6.81. The van der Waals surface area contributed by atoms with Crippen molar-refractivity contribution in [2.24, 2.45) is 0 Å². The molecule has 0 aliphatic rings. The number of hydrogen-bond donors (Lipinski definition) is 2. The van der Waals surface area contributed by atoms with Crippen LogP contribution >= 0.6 is 0 Å². The van der Waals surface area contributed by atoms with Crippen LogP contribution < -0.4 is 15.2 Å². The maximum absolute atomic E-state index is 12.3. The van der Waals surface area contributed by atoms with E-state index in [1.807, 2.05) is 6.92 Å². The van der Waals surface area contributed by atoms with Crippen LogP contribution in [0.15, 0.2) is 23.1 Å². The Morgan fingerprint density at radius 2 is 1.95 bits per heavy atom. The fourth-order valence-electron chi connectivity index (χ4n) is 1.85. The van der Waals surface area contributed by atoms with E-state index >= 15 is 0 Å². The van der Waals surface area contributed by atoms with E-state index in [1.54, 1.807) is 12.1 Å². The van der Waals surface area contributed by atoms with Crippen molar-refractivity contribution in [3.05, 3.63) is 18.2 Å². The van der Waals surface area contributed by atoms with Gasteiger partial charge in [0, 0.05) is 12.2 Å². The van der Waals surface area contributed by atoms with Gasteiger partial charge in [0.2, 0.25) is 10.0 Å². The predicted molar refractivity (Wildman–Crippen MR) is 81.4 cm³/mol. The van der Waals surface area contributed by atoms with Gasteiger partial charge >= 0.3 is 0 Å². The van der Waals surface area contributed by atoms with Gasteiger partial charge in [0.15, 0.2) is 0 Å². The van der Waals surface area contributed by atoms with E-state index < -0.39 is 10.0 Å². The van der Waals surface area contributed by atoms with Crippen LogP contribution in [0, 0.1) is 0 Å². The number of benzene rings is 1. The molecular weight excluding hydrogens is 276 g/mol. The number of rotatable bonds is 9. The lowest BCUT2D eigenvalue weighted by molar-refractivity contribution is 0.331. The minimum atomic E-state index is -3.58. The second-order valence-corrected chi connectivity index (χ2v) is 6.33. The Labute approximate surface area is 121 Å². The van der Waals surface area contributed by atoms with Gasteiger partial charge in [0.1, 0.15) is 10.6 Å². The summed E-state index contributed by atoms with van der Waals surface area (Å²) in [6, 6.07) is 4.65. The van der Waals surface area contributed by atoms with Gasteiger partial charge in [-0.15, -0.1) is 0 Å². The summed E-state index contributed by atoms with van der Waals surface area (Å²) in [5.41, 5.74) is 6.07. The van der Waals surface area contributed by atoms with E-state index in [0.717, 1.165) is 25.7 Å². The minimum Gasteiger partial charge on any atom is -0.492 e. The van der Waals surface area contributed by atoms with Gasteiger partial charge in [-0.2, -0.15) is 0 Å². The molecule has 0 bridgehead atoms. The maximum Gasteiger partial charge on any atom is 0.244 e. The monoisotopic (exact) mass is 300 g/mol. The molecule has 0 fully saturated rings. The minimum absolute atomic E-state index is 0.106. The average Bonchev–Trinajstić information content (AvgIpc) is 2.40. The van der Waals surface area contributed by atoms with E-state index in [9.17, 15) is 8.42 Å². The van der Waals surface area contributed by atoms with E-state index in [4.69, 9.17) is 10.5 Å². The van der Waals surface area contributed by atoms with Crippen molar-refractivity contribution in [1.82, 2.24) is 4.72 Å². The third-order valence-corrected chi connectivity index (χ3v) is 4.36. The van der Waals surface area contributed by atoms with Crippen LogP contribution in [0.4, 0.5) is 5.69 Å².